The van der Waals surface area contributed by atoms with E-state index in [9.17, 15) is 14.4 Å². The molecule has 0 unspecified atom stereocenters. The number of nitrogens with one attached hydrogen (secondary N) is 1. The third-order valence-corrected chi connectivity index (χ3v) is 3.58. The van der Waals surface area contributed by atoms with Crippen LogP contribution < -0.4 is 5.32 Å². The lowest BCUT2D eigenvalue weighted by atomic mass is 9.87. The predicted octanol–water partition coefficient (Wildman–Crippen LogP) is 1.18. The second-order valence-electron chi connectivity index (χ2n) is 5.18. The Labute approximate surface area is 119 Å². The van der Waals surface area contributed by atoms with Crippen molar-refractivity contribution in [2.24, 2.45) is 5.41 Å². The van der Waals surface area contributed by atoms with E-state index in [1.807, 2.05) is 6.92 Å². The number of esters is 2. The summed E-state index contributed by atoms with van der Waals surface area (Å²) in [6.45, 7) is 5.41. The van der Waals surface area contributed by atoms with Crippen LogP contribution in [-0.2, 0) is 23.9 Å². The monoisotopic (exact) mass is 285 g/mol. The Morgan fingerprint density at radius 1 is 1.05 bits per heavy atom. The van der Waals surface area contributed by atoms with Crippen molar-refractivity contribution in [1.29, 1.82) is 0 Å². The van der Waals surface area contributed by atoms with Gasteiger partial charge in [-0.15, -0.1) is 0 Å². The highest BCUT2D eigenvalue weighted by Crippen LogP contribution is 2.37. The summed E-state index contributed by atoms with van der Waals surface area (Å²) in [5, 5.41) is 2.48. The fourth-order valence-corrected chi connectivity index (χ4v) is 2.35. The minimum Gasteiger partial charge on any atom is -0.464 e. The molecule has 1 rings (SSSR count). The van der Waals surface area contributed by atoms with Gasteiger partial charge in [0, 0.05) is 5.41 Å². The molecule has 1 fully saturated rings. The zero-order valence-corrected chi connectivity index (χ0v) is 12.4. The van der Waals surface area contributed by atoms with Gasteiger partial charge >= 0.3 is 11.9 Å². The number of amides is 1. The summed E-state index contributed by atoms with van der Waals surface area (Å²) in [6.07, 6.45) is 3.48. The molecule has 20 heavy (non-hydrogen) atoms. The lowest BCUT2D eigenvalue weighted by molar-refractivity contribution is -0.160. The molecule has 0 aromatic heterocycles. The van der Waals surface area contributed by atoms with E-state index in [1.165, 1.54) is 0 Å². The standard InChI is InChI=1S/C14H23NO5/c1-4-19-11(16)10(12(17)20-5-2)15-13(18)14(3)8-6-7-9-14/h10H,4-9H2,1-3H3,(H,15,18). The summed E-state index contributed by atoms with van der Waals surface area (Å²) < 4.78 is 9.63. The van der Waals surface area contributed by atoms with Gasteiger partial charge in [-0.05, 0) is 26.7 Å². The molecule has 1 aliphatic rings. The zero-order valence-electron chi connectivity index (χ0n) is 12.4. The highest BCUT2D eigenvalue weighted by Gasteiger charge is 2.40. The van der Waals surface area contributed by atoms with E-state index in [2.05, 4.69) is 5.32 Å². The van der Waals surface area contributed by atoms with E-state index < -0.39 is 23.4 Å². The third kappa shape index (κ3) is 3.95. The SMILES string of the molecule is CCOC(=O)C(NC(=O)C1(C)CCCC1)C(=O)OCC. The number of rotatable bonds is 6. The van der Waals surface area contributed by atoms with Gasteiger partial charge in [0.2, 0.25) is 11.9 Å². The Hall–Kier alpha value is -1.59. The molecule has 0 aromatic rings. The van der Waals surface area contributed by atoms with Gasteiger partial charge in [-0.3, -0.25) is 4.79 Å². The van der Waals surface area contributed by atoms with Gasteiger partial charge in [-0.2, -0.15) is 0 Å². The predicted molar refractivity (Wildman–Crippen MR) is 71.8 cm³/mol. The van der Waals surface area contributed by atoms with Crippen LogP contribution in [0.15, 0.2) is 0 Å². The van der Waals surface area contributed by atoms with Gasteiger partial charge in [0.1, 0.15) is 0 Å². The summed E-state index contributed by atoms with van der Waals surface area (Å²) in [4.78, 5) is 35.8. The van der Waals surface area contributed by atoms with E-state index in [1.54, 1.807) is 13.8 Å². The third-order valence-electron chi connectivity index (χ3n) is 3.58. The lowest BCUT2D eigenvalue weighted by Crippen LogP contribution is -2.52. The fraction of sp³-hybridized carbons (Fsp3) is 0.786. The maximum atomic E-state index is 12.3. The number of carbonyl (C=O) groups is 3. The van der Waals surface area contributed by atoms with Crippen LogP contribution in [0.3, 0.4) is 0 Å². The molecule has 0 saturated heterocycles. The van der Waals surface area contributed by atoms with Crippen LogP contribution in [0.2, 0.25) is 0 Å². The van der Waals surface area contributed by atoms with Crippen molar-refractivity contribution in [2.75, 3.05) is 13.2 Å². The van der Waals surface area contributed by atoms with Crippen molar-refractivity contribution >= 4 is 17.8 Å². The number of ether oxygens (including phenoxy) is 2. The summed E-state index contributed by atoms with van der Waals surface area (Å²) in [7, 11) is 0. The number of hydrogen-bond donors (Lipinski definition) is 1. The molecule has 0 aliphatic heterocycles. The Bertz CT molecular complexity index is 356. The molecule has 1 amide bonds. The Morgan fingerprint density at radius 3 is 1.90 bits per heavy atom. The fourth-order valence-electron chi connectivity index (χ4n) is 2.35. The largest absolute Gasteiger partial charge is 0.464 e. The molecular weight excluding hydrogens is 262 g/mol. The molecule has 1 aliphatic carbocycles. The molecule has 0 radical (unpaired) electrons. The molecule has 114 valence electrons. The van der Waals surface area contributed by atoms with E-state index in [0.29, 0.717) is 0 Å². The van der Waals surface area contributed by atoms with Crippen LogP contribution in [0.1, 0.15) is 46.5 Å². The molecule has 0 atom stereocenters. The van der Waals surface area contributed by atoms with Gasteiger partial charge in [-0.25, -0.2) is 9.59 Å². The summed E-state index contributed by atoms with van der Waals surface area (Å²) in [5.74, 6) is -1.84. The quantitative estimate of drug-likeness (QED) is 0.585. The van der Waals surface area contributed by atoms with Gasteiger partial charge < -0.3 is 14.8 Å². The molecule has 0 aromatic carbocycles. The second-order valence-corrected chi connectivity index (χ2v) is 5.18. The summed E-state index contributed by atoms with van der Waals surface area (Å²) in [6, 6.07) is -1.38. The molecule has 0 spiro atoms. The molecule has 0 bridgehead atoms. The topological polar surface area (TPSA) is 81.7 Å². The average Bonchev–Trinajstić information content (AvgIpc) is 2.84. The Morgan fingerprint density at radius 2 is 1.50 bits per heavy atom. The molecule has 1 N–H and O–H groups in total. The molecule has 0 heterocycles. The van der Waals surface area contributed by atoms with Gasteiger partial charge in [-0.1, -0.05) is 19.8 Å². The van der Waals surface area contributed by atoms with Crippen molar-refractivity contribution in [3.8, 4) is 0 Å². The van der Waals surface area contributed by atoms with Crippen LogP contribution >= 0.6 is 0 Å². The van der Waals surface area contributed by atoms with E-state index >= 15 is 0 Å². The van der Waals surface area contributed by atoms with E-state index in [4.69, 9.17) is 9.47 Å². The minimum atomic E-state index is -1.38. The first-order chi connectivity index (χ1) is 9.44. The smallest absolute Gasteiger partial charge is 0.340 e. The van der Waals surface area contributed by atoms with Crippen molar-refractivity contribution < 1.29 is 23.9 Å². The highest BCUT2D eigenvalue weighted by atomic mass is 16.6. The maximum Gasteiger partial charge on any atom is 0.340 e. The first kappa shape index (κ1) is 16.5. The van der Waals surface area contributed by atoms with Crippen LogP contribution in [-0.4, -0.2) is 37.1 Å². The van der Waals surface area contributed by atoms with Crippen LogP contribution in [0, 0.1) is 5.41 Å². The minimum absolute atomic E-state index is 0.141. The average molecular weight is 285 g/mol. The molecular formula is C14H23NO5. The normalized spacial score (nSPS) is 16.8. The molecule has 6 nitrogen and oxygen atoms in total. The zero-order chi connectivity index (χ0) is 15.2. The number of carbonyl (C=O) groups excluding carboxylic acids is 3. The molecule has 6 heteroatoms. The van der Waals surface area contributed by atoms with Crippen LogP contribution in [0.25, 0.3) is 0 Å². The first-order valence-corrected chi connectivity index (χ1v) is 7.09. The number of hydrogen-bond acceptors (Lipinski definition) is 5. The maximum absolute atomic E-state index is 12.3. The highest BCUT2D eigenvalue weighted by molar-refractivity contribution is 6.03. The second kappa shape index (κ2) is 7.26. The summed E-state index contributed by atoms with van der Waals surface area (Å²) >= 11 is 0. The Kier molecular flexibility index (Phi) is 5.98. The van der Waals surface area contributed by atoms with Crippen molar-refractivity contribution in [1.82, 2.24) is 5.32 Å². The van der Waals surface area contributed by atoms with E-state index in [-0.39, 0.29) is 19.1 Å². The van der Waals surface area contributed by atoms with Gasteiger partial charge in [0.15, 0.2) is 0 Å². The molecule has 1 saturated carbocycles. The van der Waals surface area contributed by atoms with Crippen molar-refractivity contribution in [2.45, 2.75) is 52.5 Å². The summed E-state index contributed by atoms with van der Waals surface area (Å²) in [5.41, 5.74) is -0.517. The lowest BCUT2D eigenvalue weighted by Gasteiger charge is -2.25. The van der Waals surface area contributed by atoms with Crippen LogP contribution in [0.5, 0.6) is 0 Å². The van der Waals surface area contributed by atoms with Gasteiger partial charge in [0.05, 0.1) is 13.2 Å². The van der Waals surface area contributed by atoms with Crippen molar-refractivity contribution in [3.63, 3.8) is 0 Å². The van der Waals surface area contributed by atoms with E-state index in [0.717, 1.165) is 25.7 Å². The Balaban J connectivity index is 2.75. The van der Waals surface area contributed by atoms with Gasteiger partial charge in [0.25, 0.3) is 0 Å². The van der Waals surface area contributed by atoms with Crippen molar-refractivity contribution in [3.05, 3.63) is 0 Å². The first-order valence-electron chi connectivity index (χ1n) is 7.09. The van der Waals surface area contributed by atoms with Crippen LogP contribution in [0.4, 0.5) is 0 Å².